The van der Waals surface area contributed by atoms with Crippen LogP contribution in [0.2, 0.25) is 0 Å². The maximum Gasteiger partial charge on any atom is 0.265 e. The van der Waals surface area contributed by atoms with E-state index in [1.54, 1.807) is 4.90 Å². The molecule has 0 saturated carbocycles. The first-order chi connectivity index (χ1) is 11.1. The van der Waals surface area contributed by atoms with Crippen molar-refractivity contribution in [1.29, 1.82) is 0 Å². The zero-order valence-corrected chi connectivity index (χ0v) is 13.9. The topological polar surface area (TPSA) is 73.2 Å². The molecule has 1 aromatic rings. The summed E-state index contributed by atoms with van der Waals surface area (Å²) in [4.78, 5) is 15.7. The average Bonchev–Trinajstić information content (AvgIpc) is 2.57. The number of anilines is 1. The van der Waals surface area contributed by atoms with Gasteiger partial charge in [0.2, 0.25) is 0 Å². The number of nitrogens with zero attached hydrogens (tertiary/aromatic N) is 2. The molecule has 0 saturated heterocycles. The summed E-state index contributed by atoms with van der Waals surface area (Å²) in [6.45, 7) is 6.87. The van der Waals surface area contributed by atoms with E-state index >= 15 is 0 Å². The van der Waals surface area contributed by atoms with Crippen LogP contribution in [0.25, 0.3) is 0 Å². The normalized spacial score (nSPS) is 15.5. The molecule has 0 fully saturated rings. The van der Waals surface area contributed by atoms with Crippen molar-refractivity contribution in [3.63, 3.8) is 0 Å². The van der Waals surface area contributed by atoms with E-state index in [0.29, 0.717) is 31.8 Å². The average molecular weight is 322 g/mol. The summed E-state index contributed by atoms with van der Waals surface area (Å²) in [6.07, 6.45) is -0.0307. The van der Waals surface area contributed by atoms with Crippen molar-refractivity contribution < 1.29 is 19.7 Å². The second-order valence-corrected chi connectivity index (χ2v) is 5.62. The van der Waals surface area contributed by atoms with Gasteiger partial charge in [-0.05, 0) is 37.6 Å². The highest BCUT2D eigenvalue weighted by Crippen LogP contribution is 2.34. The van der Waals surface area contributed by atoms with Gasteiger partial charge < -0.3 is 24.7 Å². The third-order valence-corrected chi connectivity index (χ3v) is 4.21. The fraction of sp³-hybridized carbons (Fsp3) is 0.588. The predicted molar refractivity (Wildman–Crippen MR) is 88.7 cm³/mol. The molecule has 6 nitrogen and oxygen atoms in total. The molecule has 1 atom stereocenters. The lowest BCUT2D eigenvalue weighted by molar-refractivity contribution is -0.121. The number of fused-ring (bicyclic) bond motifs is 1. The van der Waals surface area contributed by atoms with E-state index in [-0.39, 0.29) is 19.1 Å². The van der Waals surface area contributed by atoms with Crippen LogP contribution in [0.1, 0.15) is 31.9 Å². The molecular weight excluding hydrogens is 296 g/mol. The molecule has 1 aromatic carbocycles. The first kappa shape index (κ1) is 17.7. The van der Waals surface area contributed by atoms with Crippen molar-refractivity contribution in [3.05, 3.63) is 23.8 Å². The molecule has 0 aromatic heterocycles. The molecule has 0 bridgehead atoms. The molecule has 2 rings (SSSR count). The van der Waals surface area contributed by atoms with Crippen molar-refractivity contribution in [2.75, 3.05) is 44.3 Å². The Bertz CT molecular complexity index is 535. The molecule has 128 valence electrons. The summed E-state index contributed by atoms with van der Waals surface area (Å²) >= 11 is 0. The van der Waals surface area contributed by atoms with Crippen molar-refractivity contribution in [2.24, 2.45) is 0 Å². The summed E-state index contributed by atoms with van der Waals surface area (Å²) in [6, 6.07) is 5.49. The van der Waals surface area contributed by atoms with E-state index < -0.39 is 6.10 Å². The Morgan fingerprint density at radius 1 is 1.35 bits per heavy atom. The molecule has 0 radical (unpaired) electrons. The van der Waals surface area contributed by atoms with Gasteiger partial charge in [0, 0.05) is 19.6 Å². The number of hydrogen-bond donors (Lipinski definition) is 2. The van der Waals surface area contributed by atoms with Gasteiger partial charge in [0.1, 0.15) is 5.75 Å². The molecule has 1 heterocycles. The van der Waals surface area contributed by atoms with E-state index in [1.807, 2.05) is 32.0 Å². The number of ether oxygens (including phenoxy) is 1. The Morgan fingerprint density at radius 3 is 2.78 bits per heavy atom. The van der Waals surface area contributed by atoms with E-state index in [9.17, 15) is 9.90 Å². The van der Waals surface area contributed by atoms with Crippen LogP contribution < -0.4 is 9.64 Å². The van der Waals surface area contributed by atoms with E-state index in [0.717, 1.165) is 17.8 Å². The van der Waals surface area contributed by atoms with Gasteiger partial charge in [-0.25, -0.2) is 0 Å². The van der Waals surface area contributed by atoms with Gasteiger partial charge in [-0.1, -0.05) is 13.0 Å². The maximum atomic E-state index is 11.9. The Labute approximate surface area is 137 Å². The Hall–Kier alpha value is -1.63. The largest absolute Gasteiger partial charge is 0.482 e. The molecular formula is C17H26N2O4. The van der Waals surface area contributed by atoms with Crippen LogP contribution in [0.5, 0.6) is 5.75 Å². The summed E-state index contributed by atoms with van der Waals surface area (Å²) in [5, 5.41) is 19.4. The minimum Gasteiger partial charge on any atom is -0.482 e. The standard InChI is InChI=1S/C17H26N2O4/c1-3-18(9-10-20)8-7-15(21)13-5-6-16-14(11-13)19(4-2)17(22)12-23-16/h5-6,11,15,20-21H,3-4,7-10,12H2,1-2H3. The van der Waals surface area contributed by atoms with Gasteiger partial charge in [-0.2, -0.15) is 0 Å². The predicted octanol–water partition coefficient (Wildman–Crippen LogP) is 1.17. The quantitative estimate of drug-likeness (QED) is 0.752. The summed E-state index contributed by atoms with van der Waals surface area (Å²) in [5.41, 5.74) is 1.50. The van der Waals surface area contributed by atoms with Crippen LogP contribution in [-0.4, -0.2) is 60.4 Å². The summed E-state index contributed by atoms with van der Waals surface area (Å²) < 4.78 is 5.44. The Morgan fingerprint density at radius 2 is 2.13 bits per heavy atom. The molecule has 0 aliphatic carbocycles. The number of rotatable bonds is 8. The van der Waals surface area contributed by atoms with Crippen LogP contribution in [0.3, 0.4) is 0 Å². The molecule has 1 aliphatic heterocycles. The fourth-order valence-electron chi connectivity index (χ4n) is 2.81. The van der Waals surface area contributed by atoms with Crippen LogP contribution >= 0.6 is 0 Å². The van der Waals surface area contributed by atoms with Gasteiger partial charge >= 0.3 is 0 Å². The van der Waals surface area contributed by atoms with Crippen LogP contribution in [0.15, 0.2) is 18.2 Å². The van der Waals surface area contributed by atoms with Crippen molar-refractivity contribution in [3.8, 4) is 5.75 Å². The zero-order valence-electron chi connectivity index (χ0n) is 13.9. The first-order valence-corrected chi connectivity index (χ1v) is 8.19. The minimum atomic E-state index is -0.608. The smallest absolute Gasteiger partial charge is 0.265 e. The molecule has 6 heteroatoms. The Kier molecular flexibility index (Phi) is 6.38. The van der Waals surface area contributed by atoms with E-state index in [2.05, 4.69) is 4.90 Å². The molecule has 1 aliphatic rings. The molecule has 1 amide bonds. The number of benzene rings is 1. The number of likely N-dealkylation sites (N-methyl/N-ethyl adjacent to an activating group) is 2. The third-order valence-electron chi connectivity index (χ3n) is 4.21. The van der Waals surface area contributed by atoms with Gasteiger partial charge in [0.15, 0.2) is 6.61 Å². The number of hydrogen-bond acceptors (Lipinski definition) is 5. The molecule has 2 N–H and O–H groups in total. The highest BCUT2D eigenvalue weighted by Gasteiger charge is 2.25. The maximum absolute atomic E-state index is 11.9. The van der Waals surface area contributed by atoms with Crippen LogP contribution in [-0.2, 0) is 4.79 Å². The van der Waals surface area contributed by atoms with Gasteiger partial charge in [0.05, 0.1) is 18.4 Å². The van der Waals surface area contributed by atoms with E-state index in [4.69, 9.17) is 9.84 Å². The summed E-state index contributed by atoms with van der Waals surface area (Å²) in [5.74, 6) is 0.615. The molecule has 1 unspecified atom stereocenters. The summed E-state index contributed by atoms with van der Waals surface area (Å²) in [7, 11) is 0. The number of amides is 1. The van der Waals surface area contributed by atoms with Crippen LogP contribution in [0.4, 0.5) is 5.69 Å². The third kappa shape index (κ3) is 4.22. The van der Waals surface area contributed by atoms with Crippen molar-refractivity contribution >= 4 is 11.6 Å². The van der Waals surface area contributed by atoms with Gasteiger partial charge in [-0.15, -0.1) is 0 Å². The van der Waals surface area contributed by atoms with E-state index in [1.165, 1.54) is 0 Å². The number of carbonyl (C=O) groups excluding carboxylic acids is 1. The first-order valence-electron chi connectivity index (χ1n) is 8.19. The zero-order chi connectivity index (χ0) is 16.8. The lowest BCUT2D eigenvalue weighted by Crippen LogP contribution is -2.38. The highest BCUT2D eigenvalue weighted by molar-refractivity contribution is 5.97. The lowest BCUT2D eigenvalue weighted by atomic mass is 10.0. The SMILES string of the molecule is CCN(CCO)CCC(O)c1ccc2c(c1)N(CC)C(=O)CO2. The Balaban J connectivity index is 2.08. The second-order valence-electron chi connectivity index (χ2n) is 5.62. The van der Waals surface area contributed by atoms with Crippen LogP contribution in [0, 0.1) is 0 Å². The number of carbonyl (C=O) groups is 1. The minimum absolute atomic E-state index is 0.0632. The molecule has 0 spiro atoms. The number of aliphatic hydroxyl groups is 2. The lowest BCUT2D eigenvalue weighted by Gasteiger charge is -2.29. The fourth-order valence-corrected chi connectivity index (χ4v) is 2.81. The monoisotopic (exact) mass is 322 g/mol. The van der Waals surface area contributed by atoms with Gasteiger partial charge in [-0.3, -0.25) is 4.79 Å². The van der Waals surface area contributed by atoms with Crippen molar-refractivity contribution in [2.45, 2.75) is 26.4 Å². The highest BCUT2D eigenvalue weighted by atomic mass is 16.5. The number of aliphatic hydroxyl groups excluding tert-OH is 2. The molecule has 23 heavy (non-hydrogen) atoms. The van der Waals surface area contributed by atoms with Crippen molar-refractivity contribution in [1.82, 2.24) is 4.90 Å². The van der Waals surface area contributed by atoms with Gasteiger partial charge in [0.25, 0.3) is 5.91 Å². The second kappa shape index (κ2) is 8.29.